The standard InChI is InChI=1S/C17H23N3O4/c1-11(2)19-15(21)13-7-3-4-8-14(13)20-17(23)16(22)18-10-12-6-5-9-24-12/h3-4,7-8,11-12H,5-6,9-10H2,1-2H3,(H,18,22)(H,19,21)(H,20,23)/t12-/m0/s1. The lowest BCUT2D eigenvalue weighted by Gasteiger charge is -2.14. The Morgan fingerprint density at radius 3 is 2.62 bits per heavy atom. The first-order valence-electron chi connectivity index (χ1n) is 8.08. The van der Waals surface area contributed by atoms with E-state index in [4.69, 9.17) is 4.74 Å². The Morgan fingerprint density at radius 2 is 1.96 bits per heavy atom. The van der Waals surface area contributed by atoms with Crippen LogP contribution in [0.25, 0.3) is 0 Å². The number of hydrogen-bond donors (Lipinski definition) is 3. The largest absolute Gasteiger partial charge is 0.376 e. The lowest BCUT2D eigenvalue weighted by molar-refractivity contribution is -0.136. The average Bonchev–Trinajstić information content (AvgIpc) is 3.05. The Balaban J connectivity index is 1.95. The van der Waals surface area contributed by atoms with E-state index in [9.17, 15) is 14.4 Å². The van der Waals surface area contributed by atoms with E-state index in [1.165, 1.54) is 0 Å². The second-order valence-electron chi connectivity index (χ2n) is 5.97. The Morgan fingerprint density at radius 1 is 1.21 bits per heavy atom. The Labute approximate surface area is 141 Å². The summed E-state index contributed by atoms with van der Waals surface area (Å²) in [5, 5.41) is 7.79. The zero-order valence-corrected chi connectivity index (χ0v) is 13.9. The van der Waals surface area contributed by atoms with Crippen molar-refractivity contribution in [3.63, 3.8) is 0 Å². The molecule has 1 aromatic carbocycles. The molecule has 1 saturated heterocycles. The zero-order chi connectivity index (χ0) is 17.5. The fraction of sp³-hybridized carbons (Fsp3) is 0.471. The molecule has 0 spiro atoms. The smallest absolute Gasteiger partial charge is 0.313 e. The van der Waals surface area contributed by atoms with Crippen LogP contribution in [0.5, 0.6) is 0 Å². The van der Waals surface area contributed by atoms with E-state index in [2.05, 4.69) is 16.0 Å². The highest BCUT2D eigenvalue weighted by molar-refractivity contribution is 6.40. The number of benzene rings is 1. The maximum Gasteiger partial charge on any atom is 0.313 e. The fourth-order valence-electron chi connectivity index (χ4n) is 2.40. The van der Waals surface area contributed by atoms with Crippen molar-refractivity contribution in [2.75, 3.05) is 18.5 Å². The first kappa shape index (κ1) is 17.9. The summed E-state index contributed by atoms with van der Waals surface area (Å²) in [5.74, 6) is -1.86. The minimum atomic E-state index is -0.808. The molecule has 7 nitrogen and oxygen atoms in total. The molecular formula is C17H23N3O4. The number of carbonyl (C=O) groups is 3. The highest BCUT2D eigenvalue weighted by atomic mass is 16.5. The van der Waals surface area contributed by atoms with Gasteiger partial charge >= 0.3 is 11.8 Å². The summed E-state index contributed by atoms with van der Waals surface area (Å²) in [6.45, 7) is 4.68. The van der Waals surface area contributed by atoms with Crippen molar-refractivity contribution in [1.82, 2.24) is 10.6 Å². The molecule has 0 aromatic heterocycles. The highest BCUT2D eigenvalue weighted by Gasteiger charge is 2.21. The van der Waals surface area contributed by atoms with Crippen molar-refractivity contribution < 1.29 is 19.1 Å². The van der Waals surface area contributed by atoms with Crippen LogP contribution in [0.4, 0.5) is 5.69 Å². The SMILES string of the molecule is CC(C)NC(=O)c1ccccc1NC(=O)C(=O)NC[C@@H]1CCCO1. The van der Waals surface area contributed by atoms with Crippen LogP contribution in [0, 0.1) is 0 Å². The Bertz CT molecular complexity index is 610. The van der Waals surface area contributed by atoms with Gasteiger partial charge in [-0.25, -0.2) is 0 Å². The van der Waals surface area contributed by atoms with E-state index >= 15 is 0 Å². The molecule has 0 radical (unpaired) electrons. The monoisotopic (exact) mass is 333 g/mol. The Hall–Kier alpha value is -2.41. The first-order valence-corrected chi connectivity index (χ1v) is 8.08. The maximum absolute atomic E-state index is 12.1. The predicted octanol–water partition coefficient (Wildman–Crippen LogP) is 1.06. The summed E-state index contributed by atoms with van der Waals surface area (Å²) < 4.78 is 5.39. The molecule has 1 fully saturated rings. The third kappa shape index (κ3) is 5.06. The molecule has 3 amide bonds. The maximum atomic E-state index is 12.1. The number of amides is 3. The summed E-state index contributed by atoms with van der Waals surface area (Å²) in [7, 11) is 0. The van der Waals surface area contributed by atoms with E-state index in [0.29, 0.717) is 24.4 Å². The molecule has 1 aliphatic rings. The van der Waals surface area contributed by atoms with Crippen LogP contribution in [-0.4, -0.2) is 43.0 Å². The van der Waals surface area contributed by atoms with Crippen molar-refractivity contribution >= 4 is 23.4 Å². The van der Waals surface area contributed by atoms with E-state index in [1.54, 1.807) is 24.3 Å². The molecule has 24 heavy (non-hydrogen) atoms. The molecular weight excluding hydrogens is 310 g/mol. The van der Waals surface area contributed by atoms with Crippen molar-refractivity contribution in [3.8, 4) is 0 Å². The van der Waals surface area contributed by atoms with E-state index in [-0.39, 0.29) is 18.1 Å². The van der Waals surface area contributed by atoms with Crippen LogP contribution in [0.15, 0.2) is 24.3 Å². The van der Waals surface area contributed by atoms with Gasteiger partial charge < -0.3 is 20.7 Å². The fourth-order valence-corrected chi connectivity index (χ4v) is 2.40. The molecule has 0 aliphatic carbocycles. The van der Waals surface area contributed by atoms with Gasteiger partial charge in [0.1, 0.15) is 0 Å². The molecule has 1 heterocycles. The van der Waals surface area contributed by atoms with E-state index < -0.39 is 11.8 Å². The summed E-state index contributed by atoms with van der Waals surface area (Å²) in [6, 6.07) is 6.53. The van der Waals surface area contributed by atoms with Gasteiger partial charge in [0.2, 0.25) is 0 Å². The number of hydrogen-bond acceptors (Lipinski definition) is 4. The lowest BCUT2D eigenvalue weighted by Crippen LogP contribution is -2.39. The van der Waals surface area contributed by atoms with Crippen molar-refractivity contribution in [3.05, 3.63) is 29.8 Å². The van der Waals surface area contributed by atoms with Gasteiger partial charge in [0.15, 0.2) is 0 Å². The predicted molar refractivity (Wildman–Crippen MR) is 89.7 cm³/mol. The molecule has 3 N–H and O–H groups in total. The summed E-state index contributed by atoms with van der Waals surface area (Å²) >= 11 is 0. The lowest BCUT2D eigenvalue weighted by atomic mass is 10.1. The number of ether oxygens (including phenoxy) is 1. The van der Waals surface area contributed by atoms with Gasteiger partial charge in [-0.3, -0.25) is 14.4 Å². The van der Waals surface area contributed by atoms with Crippen LogP contribution < -0.4 is 16.0 Å². The Kier molecular flexibility index (Phi) is 6.31. The topological polar surface area (TPSA) is 96.5 Å². The van der Waals surface area contributed by atoms with Gasteiger partial charge in [-0.05, 0) is 38.8 Å². The number of para-hydroxylation sites is 1. The minimum absolute atomic E-state index is 0.0315. The van der Waals surface area contributed by atoms with Gasteiger partial charge in [0.05, 0.1) is 17.4 Å². The molecule has 1 atom stereocenters. The minimum Gasteiger partial charge on any atom is -0.376 e. The van der Waals surface area contributed by atoms with Crippen molar-refractivity contribution in [1.29, 1.82) is 0 Å². The van der Waals surface area contributed by atoms with Gasteiger partial charge in [0.25, 0.3) is 5.91 Å². The zero-order valence-electron chi connectivity index (χ0n) is 13.9. The molecule has 0 bridgehead atoms. The molecule has 0 saturated carbocycles. The van der Waals surface area contributed by atoms with Crippen molar-refractivity contribution in [2.45, 2.75) is 38.8 Å². The molecule has 1 aromatic rings. The third-order valence-corrected chi connectivity index (χ3v) is 3.56. The highest BCUT2D eigenvalue weighted by Crippen LogP contribution is 2.15. The van der Waals surface area contributed by atoms with Crippen LogP contribution in [0.2, 0.25) is 0 Å². The number of rotatable bonds is 5. The molecule has 130 valence electrons. The van der Waals surface area contributed by atoms with Gasteiger partial charge in [-0.1, -0.05) is 12.1 Å². The van der Waals surface area contributed by atoms with Crippen molar-refractivity contribution in [2.24, 2.45) is 0 Å². The molecule has 1 aliphatic heterocycles. The van der Waals surface area contributed by atoms with Crippen LogP contribution >= 0.6 is 0 Å². The number of carbonyl (C=O) groups excluding carboxylic acids is 3. The summed E-state index contributed by atoms with van der Waals surface area (Å²) in [4.78, 5) is 36.0. The second-order valence-corrected chi connectivity index (χ2v) is 5.97. The van der Waals surface area contributed by atoms with Crippen LogP contribution in [-0.2, 0) is 14.3 Å². The van der Waals surface area contributed by atoms with Gasteiger partial charge in [-0.15, -0.1) is 0 Å². The van der Waals surface area contributed by atoms with E-state index in [0.717, 1.165) is 12.8 Å². The number of anilines is 1. The quantitative estimate of drug-likeness (QED) is 0.702. The average molecular weight is 333 g/mol. The van der Waals surface area contributed by atoms with E-state index in [1.807, 2.05) is 13.8 Å². The van der Waals surface area contributed by atoms with Gasteiger partial charge in [-0.2, -0.15) is 0 Å². The molecule has 7 heteroatoms. The van der Waals surface area contributed by atoms with Crippen LogP contribution in [0.3, 0.4) is 0 Å². The second kappa shape index (κ2) is 8.44. The normalized spacial score (nSPS) is 16.7. The van der Waals surface area contributed by atoms with Gasteiger partial charge in [0, 0.05) is 19.2 Å². The first-order chi connectivity index (χ1) is 11.5. The third-order valence-electron chi connectivity index (χ3n) is 3.56. The summed E-state index contributed by atoms with van der Waals surface area (Å²) in [6.07, 6.45) is 1.80. The van der Waals surface area contributed by atoms with Crippen LogP contribution in [0.1, 0.15) is 37.0 Å². The molecule has 2 rings (SSSR count). The number of nitrogens with one attached hydrogen (secondary N) is 3. The molecule has 0 unspecified atom stereocenters. The summed E-state index contributed by atoms with van der Waals surface area (Å²) in [5.41, 5.74) is 0.611.